The standard InChI is InChI=1S/C19H17F2N3O3S.CH2O/c1-26-14-4-3-5-15(27-2)17(14)12-9-24(28-21)18-10(12)6-7-16(22-18)23-19(25)11-8-13(11)20;1-2/h3-7,9,11,13H,8H2,1-2H3,(H,22,23,25);1H2. The molecule has 1 N–H and O–H groups in total. The number of anilines is 1. The summed E-state index contributed by atoms with van der Waals surface area (Å²) in [6.07, 6.45) is 0.716. The Bertz CT molecular complexity index is 1050. The number of amides is 1. The molecule has 1 aliphatic carbocycles. The van der Waals surface area contributed by atoms with Crippen LogP contribution in [0.1, 0.15) is 6.42 Å². The van der Waals surface area contributed by atoms with Crippen molar-refractivity contribution in [2.75, 3.05) is 19.5 Å². The van der Waals surface area contributed by atoms with Gasteiger partial charge in [0, 0.05) is 17.1 Å². The van der Waals surface area contributed by atoms with E-state index in [0.717, 1.165) is 0 Å². The summed E-state index contributed by atoms with van der Waals surface area (Å²) in [7, 11) is 3.09. The number of hydrogen-bond donors (Lipinski definition) is 1. The number of methoxy groups -OCH3 is 2. The van der Waals surface area contributed by atoms with Crippen LogP contribution in [0.25, 0.3) is 22.2 Å². The molecule has 1 fully saturated rings. The second kappa shape index (κ2) is 9.12. The number of ether oxygens (including phenoxy) is 2. The van der Waals surface area contributed by atoms with Gasteiger partial charge >= 0.3 is 0 Å². The zero-order valence-electron chi connectivity index (χ0n) is 16.2. The highest BCUT2D eigenvalue weighted by Crippen LogP contribution is 2.43. The molecule has 0 spiro atoms. The van der Waals surface area contributed by atoms with E-state index >= 15 is 0 Å². The summed E-state index contributed by atoms with van der Waals surface area (Å²) in [5.41, 5.74) is 1.66. The summed E-state index contributed by atoms with van der Waals surface area (Å²) < 4.78 is 38.8. The Labute approximate surface area is 175 Å². The number of nitrogens with one attached hydrogen (secondary N) is 1. The third-order valence-corrected chi connectivity index (χ3v) is 5.12. The van der Waals surface area contributed by atoms with Crippen LogP contribution in [0.4, 0.5) is 14.1 Å². The summed E-state index contributed by atoms with van der Waals surface area (Å²) in [5.74, 6) is 0.332. The lowest BCUT2D eigenvalue weighted by Gasteiger charge is -2.12. The maximum Gasteiger partial charge on any atom is 0.231 e. The van der Waals surface area contributed by atoms with Gasteiger partial charge in [-0.1, -0.05) is 6.07 Å². The quantitative estimate of drug-likeness (QED) is 0.625. The highest BCUT2D eigenvalue weighted by molar-refractivity contribution is 7.92. The maximum atomic E-state index is 13.6. The average Bonchev–Trinajstić information content (AvgIpc) is 3.41. The molecule has 0 bridgehead atoms. The molecule has 1 saturated carbocycles. The predicted octanol–water partition coefficient (Wildman–Crippen LogP) is 4.21. The van der Waals surface area contributed by atoms with Crippen molar-refractivity contribution >= 4 is 41.9 Å². The molecule has 7 nitrogen and oxygen atoms in total. The van der Waals surface area contributed by atoms with Crippen molar-refractivity contribution in [3.8, 4) is 22.6 Å². The van der Waals surface area contributed by atoms with Gasteiger partial charge in [-0.15, -0.1) is 3.89 Å². The van der Waals surface area contributed by atoms with Crippen LogP contribution in [0, 0.1) is 5.92 Å². The number of carbonyl (C=O) groups is 2. The van der Waals surface area contributed by atoms with Gasteiger partial charge in [-0.05, 0) is 30.7 Å². The molecule has 0 aliphatic heterocycles. The van der Waals surface area contributed by atoms with E-state index in [1.165, 1.54) is 3.97 Å². The highest BCUT2D eigenvalue weighted by atomic mass is 32.2. The Balaban J connectivity index is 0.00000124. The second-order valence-corrected chi connectivity index (χ2v) is 6.92. The summed E-state index contributed by atoms with van der Waals surface area (Å²) in [4.78, 5) is 24.3. The normalized spacial score (nSPS) is 17.1. The van der Waals surface area contributed by atoms with Crippen LogP contribution < -0.4 is 14.8 Å². The fraction of sp³-hybridized carbons (Fsp3) is 0.250. The first-order chi connectivity index (χ1) is 14.6. The highest BCUT2D eigenvalue weighted by Gasteiger charge is 2.43. The first-order valence-corrected chi connectivity index (χ1v) is 9.51. The second-order valence-electron chi connectivity index (χ2n) is 6.39. The van der Waals surface area contributed by atoms with Crippen LogP contribution in [0.5, 0.6) is 11.5 Å². The van der Waals surface area contributed by atoms with Gasteiger partial charge in [0.25, 0.3) is 0 Å². The van der Waals surface area contributed by atoms with E-state index in [0.29, 0.717) is 33.7 Å². The van der Waals surface area contributed by atoms with Gasteiger partial charge in [-0.25, -0.2) is 13.3 Å². The van der Waals surface area contributed by atoms with Gasteiger partial charge in [-0.3, -0.25) is 4.79 Å². The summed E-state index contributed by atoms with van der Waals surface area (Å²) in [6.45, 7) is 2.00. The maximum absolute atomic E-state index is 13.6. The Morgan fingerprint density at radius 2 is 1.87 bits per heavy atom. The van der Waals surface area contributed by atoms with Gasteiger partial charge < -0.3 is 19.6 Å². The lowest BCUT2D eigenvalue weighted by atomic mass is 10.0. The Kier molecular flexibility index (Phi) is 6.56. The van der Waals surface area contributed by atoms with E-state index in [1.807, 2.05) is 6.79 Å². The predicted molar refractivity (Wildman–Crippen MR) is 111 cm³/mol. The third kappa shape index (κ3) is 3.95. The van der Waals surface area contributed by atoms with Crippen LogP contribution in [0.2, 0.25) is 0 Å². The van der Waals surface area contributed by atoms with Crippen LogP contribution in [0.15, 0.2) is 36.5 Å². The third-order valence-electron chi connectivity index (χ3n) is 4.69. The van der Waals surface area contributed by atoms with Gasteiger partial charge in [-0.2, -0.15) is 0 Å². The van der Waals surface area contributed by atoms with Crippen molar-refractivity contribution in [2.24, 2.45) is 5.92 Å². The Morgan fingerprint density at radius 3 is 2.40 bits per heavy atom. The molecule has 2 unspecified atom stereocenters. The van der Waals surface area contributed by atoms with Crippen LogP contribution in [-0.2, 0) is 9.59 Å². The van der Waals surface area contributed by atoms with Crippen LogP contribution in [0.3, 0.4) is 0 Å². The number of pyridine rings is 1. The number of rotatable bonds is 6. The van der Waals surface area contributed by atoms with Crippen LogP contribution in [-0.4, -0.2) is 42.0 Å². The number of alkyl halides is 1. The molecular formula is C20H19F2N3O4S. The molecule has 2 aromatic heterocycles. The lowest BCUT2D eigenvalue weighted by Crippen LogP contribution is -2.15. The molecule has 1 amide bonds. The molecule has 1 aliphatic rings. The number of carbonyl (C=O) groups excluding carboxylic acids is 2. The summed E-state index contributed by atoms with van der Waals surface area (Å²) >= 11 is -0.0128. The van der Waals surface area contributed by atoms with Crippen molar-refractivity contribution in [1.82, 2.24) is 8.96 Å². The number of benzene rings is 1. The van der Waals surface area contributed by atoms with Crippen molar-refractivity contribution in [3.63, 3.8) is 0 Å². The van der Waals surface area contributed by atoms with Crippen molar-refractivity contribution in [2.45, 2.75) is 12.6 Å². The smallest absolute Gasteiger partial charge is 0.231 e. The molecule has 1 aromatic carbocycles. The summed E-state index contributed by atoms with van der Waals surface area (Å²) in [6, 6.07) is 8.70. The molecule has 3 aromatic rings. The molecule has 4 rings (SSSR count). The molecule has 30 heavy (non-hydrogen) atoms. The number of nitrogens with zero attached hydrogens (tertiary/aromatic N) is 2. The lowest BCUT2D eigenvalue weighted by molar-refractivity contribution is -0.117. The molecule has 0 saturated heterocycles. The average molecular weight is 435 g/mol. The van der Waals surface area contributed by atoms with E-state index in [2.05, 4.69) is 10.3 Å². The van der Waals surface area contributed by atoms with E-state index in [9.17, 15) is 13.1 Å². The molecule has 0 radical (unpaired) electrons. The van der Waals surface area contributed by atoms with Gasteiger partial charge in [0.1, 0.15) is 30.3 Å². The number of hydrogen-bond acceptors (Lipinski definition) is 6. The monoisotopic (exact) mass is 435 g/mol. The zero-order chi connectivity index (χ0) is 21.8. The topological polar surface area (TPSA) is 82.4 Å². The minimum atomic E-state index is -1.10. The molecular weight excluding hydrogens is 416 g/mol. The van der Waals surface area contributed by atoms with E-state index in [1.54, 1.807) is 50.7 Å². The minimum Gasteiger partial charge on any atom is -0.496 e. The molecule has 158 valence electrons. The zero-order valence-corrected chi connectivity index (χ0v) is 17.0. The van der Waals surface area contributed by atoms with Gasteiger partial charge in [0.15, 0.2) is 18.0 Å². The van der Waals surface area contributed by atoms with Crippen LogP contribution >= 0.6 is 12.3 Å². The van der Waals surface area contributed by atoms with Gasteiger partial charge in [0.2, 0.25) is 5.91 Å². The van der Waals surface area contributed by atoms with E-state index in [4.69, 9.17) is 14.3 Å². The van der Waals surface area contributed by atoms with Crippen molar-refractivity contribution in [3.05, 3.63) is 36.5 Å². The Morgan fingerprint density at radius 1 is 1.23 bits per heavy atom. The fourth-order valence-electron chi connectivity index (χ4n) is 3.17. The number of fused-ring (bicyclic) bond motifs is 1. The largest absolute Gasteiger partial charge is 0.496 e. The van der Waals surface area contributed by atoms with Crippen molar-refractivity contribution in [1.29, 1.82) is 0 Å². The minimum absolute atomic E-state index is 0.0128. The first kappa shape index (κ1) is 21.6. The first-order valence-electron chi connectivity index (χ1n) is 8.83. The molecule has 2 atom stereocenters. The number of aromatic nitrogens is 2. The van der Waals surface area contributed by atoms with Gasteiger partial charge in [0.05, 0.1) is 25.7 Å². The fourth-order valence-corrected chi connectivity index (χ4v) is 3.52. The summed E-state index contributed by atoms with van der Waals surface area (Å²) in [5, 5.41) is 3.24. The molecule has 2 heterocycles. The van der Waals surface area contributed by atoms with E-state index in [-0.39, 0.29) is 24.6 Å². The van der Waals surface area contributed by atoms with E-state index < -0.39 is 18.0 Å². The SMILES string of the molecule is C=O.COc1cccc(OC)c1-c1cn(SF)c2nc(NC(=O)C3CC3F)ccc12. The molecule has 10 heteroatoms. The Hall–Kier alpha value is -3.14. The number of halogens is 2. The van der Waals surface area contributed by atoms with Crippen molar-refractivity contribution < 1.29 is 27.3 Å².